The van der Waals surface area contributed by atoms with Gasteiger partial charge in [-0.2, -0.15) is 0 Å². The second-order valence-electron chi connectivity index (χ2n) is 28.1. The lowest BCUT2D eigenvalue weighted by Gasteiger charge is -2.10. The van der Waals surface area contributed by atoms with Crippen LogP contribution in [-0.4, -0.2) is 25.3 Å². The minimum atomic E-state index is -1.70. The molecule has 13 heteroatoms. The van der Waals surface area contributed by atoms with Crippen molar-refractivity contribution in [2.45, 2.75) is 25.7 Å². The van der Waals surface area contributed by atoms with Gasteiger partial charge in [-0.15, -0.1) is 0 Å². The fourth-order valence-corrected chi connectivity index (χ4v) is 13.5. The molecule has 0 aliphatic heterocycles. The average molecular weight is 1580 g/mol. The quantitative estimate of drug-likeness (QED) is 0.0521. The smallest absolute Gasteiger partial charge is 0.240 e. The number of phenolic OH excluding ortho intramolecular Hbond substituents is 3. The average Bonchev–Trinajstić information content (AvgIpc) is 0.841. The van der Waals surface area contributed by atoms with Crippen molar-refractivity contribution in [1.82, 2.24) is 0 Å². The van der Waals surface area contributed by atoms with E-state index in [9.17, 15) is 24.3 Å². The number of benzene rings is 17. The zero-order valence-electron chi connectivity index (χ0n) is 65.2. The van der Waals surface area contributed by atoms with Gasteiger partial charge in [-0.1, -0.05) is 199 Å². The first kappa shape index (κ1) is 78.8. The number of hydrogen-bond acceptors (Lipinski definition) is 12. The van der Waals surface area contributed by atoms with Crippen LogP contribution in [0.3, 0.4) is 0 Å². The number of rotatable bonds is 23. The van der Waals surface area contributed by atoms with Gasteiger partial charge in [0.25, 0.3) is 0 Å². The third kappa shape index (κ3) is 21.7. The number of ketones is 1. The van der Waals surface area contributed by atoms with E-state index in [0.29, 0.717) is 56.3 Å². The summed E-state index contributed by atoms with van der Waals surface area (Å²) in [5, 5.41) is 28.4. The Morgan fingerprint density at radius 3 is 0.529 bits per heavy atom. The van der Waals surface area contributed by atoms with Crippen LogP contribution in [0.4, 0.5) is 0 Å². The predicted octanol–water partition coefficient (Wildman–Crippen LogP) is 28.2. The number of phenols is 3. The molecule has 0 saturated carbocycles. The van der Waals surface area contributed by atoms with Crippen molar-refractivity contribution in [3.05, 3.63) is 440 Å². The molecule has 0 aliphatic carbocycles. The van der Waals surface area contributed by atoms with Crippen LogP contribution in [0.5, 0.6) is 92.0 Å². The minimum absolute atomic E-state index is 0.0752. The molecule has 1 atom stereocenters. The summed E-state index contributed by atoms with van der Waals surface area (Å²) in [5.74, 6) is 9.55. The molecule has 0 spiro atoms. The molecule has 0 amide bonds. The summed E-state index contributed by atoms with van der Waals surface area (Å²) >= 11 is -1.70. The summed E-state index contributed by atoms with van der Waals surface area (Å²) in [6.07, 6.45) is 0. The predicted molar refractivity (Wildman–Crippen MR) is 474 cm³/mol. The Bertz CT molecular complexity index is 5930. The van der Waals surface area contributed by atoms with Crippen LogP contribution in [-0.2, 0) is 11.1 Å². The van der Waals surface area contributed by atoms with Crippen molar-refractivity contribution in [2.24, 2.45) is 0 Å². The molecule has 17 aromatic carbocycles. The lowest BCUT2D eigenvalue weighted by atomic mass is 10.0. The van der Waals surface area contributed by atoms with Crippen molar-refractivity contribution in [1.29, 1.82) is 0 Å². The van der Waals surface area contributed by atoms with E-state index in [1.807, 2.05) is 194 Å². The topological polar surface area (TPSA) is 159 Å². The maximum absolute atomic E-state index is 13.1. The number of ether oxygens (including phenoxy) is 6. The minimum Gasteiger partial charge on any atom is -0.508 e. The van der Waals surface area contributed by atoms with Gasteiger partial charge in [0.05, 0.1) is 4.90 Å². The molecular formula is C106H80O12S. The maximum Gasteiger partial charge on any atom is 0.240 e. The Hall–Kier alpha value is -15.4. The van der Waals surface area contributed by atoms with E-state index in [1.54, 1.807) is 133 Å². The van der Waals surface area contributed by atoms with Crippen LogP contribution in [0.25, 0.3) is 66.8 Å². The van der Waals surface area contributed by atoms with Gasteiger partial charge in [-0.25, -0.2) is 4.21 Å². The molecule has 0 fully saturated rings. The fourth-order valence-electron chi connectivity index (χ4n) is 12.7. The molecule has 0 bridgehead atoms. The van der Waals surface area contributed by atoms with Crippen molar-refractivity contribution in [3.8, 4) is 159 Å². The standard InChI is InChI=1S/C38H28O4.C37H28O5S.C31H24O3/c1-26-2-4-27(5-3-26)29-8-18-34(19-9-29)41-36-22-12-31(13-23-36)38(40)32-14-24-37(25-15-32)42-35-20-10-30(11-21-35)28-6-16-33(39)17-7-28;1-26-2-4-27(5-3-26)29-8-14-32(15-9-29)40-34-18-20-36(21-19-34)42-43(39)37-24-22-35(23-25-37)41-33-16-10-30(11-17-33)28-6-12-31(38)13-7-28;1-22-2-4-23(5-3-22)25-8-14-28(15-9-25)33-30-18-20-31(21-19-30)34-29-16-10-26(11-17-29)24-6-12-27(32)13-7-24/h2-25,39H,1H3;2-25,38H,1H3;2-21,32H,1H3. The van der Waals surface area contributed by atoms with Crippen LogP contribution < -0.4 is 32.6 Å². The molecule has 582 valence electrons. The zero-order valence-corrected chi connectivity index (χ0v) is 66.0. The highest BCUT2D eigenvalue weighted by Gasteiger charge is 2.15. The molecule has 0 aromatic heterocycles. The number of carbonyl (C=O) groups excluding carboxylic acids is 1. The summed E-state index contributed by atoms with van der Waals surface area (Å²) in [5.41, 5.74) is 17.9. The van der Waals surface area contributed by atoms with E-state index >= 15 is 0 Å². The Balaban J connectivity index is 0.000000140. The maximum atomic E-state index is 13.1. The van der Waals surface area contributed by atoms with Gasteiger partial charge in [0.15, 0.2) is 5.78 Å². The Labute approximate surface area is 694 Å². The van der Waals surface area contributed by atoms with Gasteiger partial charge in [-0.05, 0) is 318 Å². The molecule has 3 N–H and O–H groups in total. The van der Waals surface area contributed by atoms with E-state index in [-0.39, 0.29) is 23.0 Å². The first-order valence-electron chi connectivity index (χ1n) is 38.5. The third-order valence-corrected chi connectivity index (χ3v) is 20.4. The van der Waals surface area contributed by atoms with Gasteiger partial charge < -0.3 is 47.9 Å². The molecular weight excluding hydrogens is 1500 g/mol. The molecule has 0 aliphatic rings. The highest BCUT2D eigenvalue weighted by atomic mass is 32.2. The number of carbonyl (C=O) groups is 1. The molecule has 17 aromatic rings. The van der Waals surface area contributed by atoms with E-state index < -0.39 is 11.1 Å². The van der Waals surface area contributed by atoms with Gasteiger partial charge >= 0.3 is 0 Å². The summed E-state index contributed by atoms with van der Waals surface area (Å²) < 4.78 is 54.3. The lowest BCUT2D eigenvalue weighted by Crippen LogP contribution is -2.01. The van der Waals surface area contributed by atoms with E-state index in [2.05, 4.69) is 106 Å². The molecule has 119 heavy (non-hydrogen) atoms. The van der Waals surface area contributed by atoms with Crippen LogP contribution >= 0.6 is 0 Å². The number of aromatic hydroxyl groups is 3. The summed E-state index contributed by atoms with van der Waals surface area (Å²) in [6, 6.07) is 130. The Morgan fingerprint density at radius 1 is 0.193 bits per heavy atom. The van der Waals surface area contributed by atoms with Gasteiger partial charge in [0, 0.05) is 11.1 Å². The lowest BCUT2D eigenvalue weighted by molar-refractivity contribution is 0.103. The normalized spacial score (nSPS) is 10.9. The van der Waals surface area contributed by atoms with Crippen molar-refractivity contribution in [2.75, 3.05) is 0 Å². The molecule has 17 rings (SSSR count). The van der Waals surface area contributed by atoms with Gasteiger partial charge in [0.2, 0.25) is 11.1 Å². The van der Waals surface area contributed by atoms with E-state index in [0.717, 1.165) is 95.7 Å². The zero-order chi connectivity index (χ0) is 81.8. The highest BCUT2D eigenvalue weighted by Crippen LogP contribution is 2.36. The van der Waals surface area contributed by atoms with Crippen LogP contribution in [0, 0.1) is 20.8 Å². The largest absolute Gasteiger partial charge is 0.508 e. The molecule has 0 heterocycles. The molecule has 0 radical (unpaired) electrons. The van der Waals surface area contributed by atoms with Crippen molar-refractivity contribution in [3.63, 3.8) is 0 Å². The summed E-state index contributed by atoms with van der Waals surface area (Å²) in [7, 11) is 0. The van der Waals surface area contributed by atoms with Crippen LogP contribution in [0.2, 0.25) is 0 Å². The van der Waals surface area contributed by atoms with E-state index in [1.165, 1.54) is 22.3 Å². The van der Waals surface area contributed by atoms with Crippen LogP contribution in [0.1, 0.15) is 32.6 Å². The van der Waals surface area contributed by atoms with Crippen LogP contribution in [0.15, 0.2) is 417 Å². The number of aryl methyl sites for hydroxylation is 3. The SMILES string of the molecule is Cc1ccc(-c2ccc(Oc3ccc(C(=O)c4ccc(Oc5ccc(-c6ccc(O)cc6)cc5)cc4)cc3)cc2)cc1.Cc1ccc(-c2ccc(Oc3ccc(OS(=O)c4ccc(Oc5ccc(-c6ccc(O)cc6)cc5)cc4)cc3)cc2)cc1.Cc1ccc(-c2ccc(Oc3ccc(Oc4ccc(-c5ccc(O)cc5)cc4)cc3)cc2)cc1. The molecule has 0 saturated heterocycles. The second kappa shape index (κ2) is 37.7. The Kier molecular flexibility index (Phi) is 25.0. The second-order valence-corrected chi connectivity index (χ2v) is 29.2. The fraction of sp³-hybridized carbons (Fsp3) is 0.0283. The summed E-state index contributed by atoms with van der Waals surface area (Å²) in [4.78, 5) is 13.6. The summed E-state index contributed by atoms with van der Waals surface area (Å²) in [6.45, 7) is 6.24. The highest BCUT2D eigenvalue weighted by molar-refractivity contribution is 7.80. The third-order valence-electron chi connectivity index (χ3n) is 19.4. The monoisotopic (exact) mass is 1580 g/mol. The van der Waals surface area contributed by atoms with Crippen molar-refractivity contribution < 1.29 is 56.9 Å². The first-order valence-corrected chi connectivity index (χ1v) is 39.6. The van der Waals surface area contributed by atoms with Gasteiger partial charge in [0.1, 0.15) is 92.0 Å². The van der Waals surface area contributed by atoms with E-state index in [4.69, 9.17) is 32.6 Å². The molecule has 1 unspecified atom stereocenters. The van der Waals surface area contributed by atoms with Gasteiger partial charge in [-0.3, -0.25) is 4.79 Å². The Morgan fingerprint density at radius 2 is 0.336 bits per heavy atom. The number of hydrogen-bond donors (Lipinski definition) is 3. The first-order chi connectivity index (χ1) is 58.1. The van der Waals surface area contributed by atoms with Crippen molar-refractivity contribution >= 4 is 16.9 Å². The molecule has 12 nitrogen and oxygen atoms in total.